The van der Waals surface area contributed by atoms with E-state index in [1.54, 1.807) is 0 Å². The van der Waals surface area contributed by atoms with Crippen LogP contribution in [-0.2, 0) is 4.74 Å². The van der Waals surface area contributed by atoms with Gasteiger partial charge in [0.15, 0.2) is 0 Å². The highest BCUT2D eigenvalue weighted by molar-refractivity contribution is 5.86. The lowest BCUT2D eigenvalue weighted by Crippen LogP contribution is -2.27. The number of carbonyl (C=O) groups is 1. The number of hydrogen-bond acceptors (Lipinski definition) is 3. The Labute approximate surface area is 121 Å². The first kappa shape index (κ1) is 16.5. The maximum Gasteiger partial charge on any atom is 0.412 e. The summed E-state index contributed by atoms with van der Waals surface area (Å²) in [4.78, 5) is 11.9. The highest BCUT2D eigenvalue weighted by atomic mass is 16.6. The second-order valence-electron chi connectivity index (χ2n) is 6.27. The molecule has 1 unspecified atom stereocenters. The lowest BCUT2D eigenvalue weighted by atomic mass is 9.95. The lowest BCUT2D eigenvalue weighted by molar-refractivity contribution is 0.0636. The van der Waals surface area contributed by atoms with Crippen molar-refractivity contribution in [3.63, 3.8) is 0 Å². The van der Waals surface area contributed by atoms with Crippen molar-refractivity contribution >= 4 is 11.8 Å². The van der Waals surface area contributed by atoms with Crippen LogP contribution in [0, 0.1) is 13.8 Å². The van der Waals surface area contributed by atoms with E-state index in [0.717, 1.165) is 22.4 Å². The van der Waals surface area contributed by atoms with Crippen molar-refractivity contribution in [3.05, 3.63) is 28.8 Å². The molecule has 4 nitrogen and oxygen atoms in total. The van der Waals surface area contributed by atoms with Gasteiger partial charge in [0.2, 0.25) is 0 Å². The molecule has 1 aromatic rings. The molecule has 0 aliphatic carbocycles. The second kappa shape index (κ2) is 6.27. The average molecular weight is 278 g/mol. The van der Waals surface area contributed by atoms with Crippen LogP contribution in [0.4, 0.5) is 10.5 Å². The summed E-state index contributed by atoms with van der Waals surface area (Å²) in [5.41, 5.74) is 9.30. The normalized spacial score (nSPS) is 12.9. The van der Waals surface area contributed by atoms with E-state index >= 15 is 0 Å². The van der Waals surface area contributed by atoms with Gasteiger partial charge in [-0.3, -0.25) is 5.32 Å². The van der Waals surface area contributed by atoms with Crippen molar-refractivity contribution in [2.24, 2.45) is 5.73 Å². The Morgan fingerprint density at radius 1 is 1.35 bits per heavy atom. The lowest BCUT2D eigenvalue weighted by Gasteiger charge is -2.21. The van der Waals surface area contributed by atoms with Gasteiger partial charge in [-0.25, -0.2) is 4.79 Å². The first-order valence-corrected chi connectivity index (χ1v) is 6.95. The zero-order valence-corrected chi connectivity index (χ0v) is 13.3. The van der Waals surface area contributed by atoms with Gasteiger partial charge >= 0.3 is 6.09 Å². The molecule has 0 aliphatic rings. The molecule has 0 fully saturated rings. The Kier molecular flexibility index (Phi) is 5.17. The first-order valence-electron chi connectivity index (χ1n) is 6.95. The number of rotatable bonds is 3. The van der Waals surface area contributed by atoms with Gasteiger partial charge in [-0.2, -0.15) is 0 Å². The van der Waals surface area contributed by atoms with Crippen LogP contribution < -0.4 is 11.1 Å². The van der Waals surface area contributed by atoms with Crippen LogP contribution in [0.5, 0.6) is 0 Å². The van der Waals surface area contributed by atoms with E-state index in [4.69, 9.17) is 10.5 Å². The molecule has 1 rings (SSSR count). The van der Waals surface area contributed by atoms with E-state index < -0.39 is 11.7 Å². The Morgan fingerprint density at radius 2 is 1.95 bits per heavy atom. The number of nitrogens with one attached hydrogen (secondary N) is 1. The number of benzene rings is 1. The van der Waals surface area contributed by atoms with Crippen LogP contribution >= 0.6 is 0 Å². The molecule has 1 atom stereocenters. The van der Waals surface area contributed by atoms with Gasteiger partial charge in [0.25, 0.3) is 0 Å². The summed E-state index contributed by atoms with van der Waals surface area (Å²) in [5.74, 6) is 0.258. The maximum absolute atomic E-state index is 11.9. The SMILES string of the molecule is Cc1cc(C(C)CN)cc(NC(=O)OC(C)(C)C)c1C. The van der Waals surface area contributed by atoms with Crippen LogP contribution in [0.1, 0.15) is 50.3 Å². The molecule has 20 heavy (non-hydrogen) atoms. The number of anilines is 1. The molecular weight excluding hydrogens is 252 g/mol. The summed E-state index contributed by atoms with van der Waals surface area (Å²) in [5, 5.41) is 2.82. The number of hydrogen-bond donors (Lipinski definition) is 2. The fourth-order valence-electron chi connectivity index (χ4n) is 1.85. The number of carbonyl (C=O) groups excluding carboxylic acids is 1. The quantitative estimate of drug-likeness (QED) is 0.885. The number of aryl methyl sites for hydroxylation is 1. The largest absolute Gasteiger partial charge is 0.444 e. The van der Waals surface area contributed by atoms with Crippen molar-refractivity contribution in [3.8, 4) is 0 Å². The van der Waals surface area contributed by atoms with E-state index in [1.165, 1.54) is 0 Å². The molecule has 112 valence electrons. The standard InChI is InChI=1S/C16H26N2O2/c1-10-7-13(11(2)9-17)8-14(12(10)3)18-15(19)20-16(4,5)6/h7-8,11H,9,17H2,1-6H3,(H,18,19). The predicted octanol–water partition coefficient (Wildman–Crippen LogP) is 3.71. The van der Waals surface area contributed by atoms with Crippen LogP contribution in [0.15, 0.2) is 12.1 Å². The van der Waals surface area contributed by atoms with Crippen LogP contribution in [0.25, 0.3) is 0 Å². The summed E-state index contributed by atoms with van der Waals surface area (Å²) in [6.45, 7) is 12.2. The molecule has 1 amide bonds. The van der Waals surface area contributed by atoms with Crippen molar-refractivity contribution in [1.82, 2.24) is 0 Å². The minimum Gasteiger partial charge on any atom is -0.444 e. The molecule has 1 aromatic carbocycles. The van der Waals surface area contributed by atoms with Gasteiger partial charge in [-0.1, -0.05) is 13.0 Å². The van der Waals surface area contributed by atoms with E-state index in [-0.39, 0.29) is 5.92 Å². The topological polar surface area (TPSA) is 64.3 Å². The average Bonchev–Trinajstić information content (AvgIpc) is 2.31. The smallest absolute Gasteiger partial charge is 0.412 e. The van der Waals surface area contributed by atoms with Gasteiger partial charge in [0.05, 0.1) is 0 Å². The third-order valence-corrected chi connectivity index (χ3v) is 3.25. The monoisotopic (exact) mass is 278 g/mol. The molecule has 0 bridgehead atoms. The molecule has 0 radical (unpaired) electrons. The zero-order valence-electron chi connectivity index (χ0n) is 13.3. The van der Waals surface area contributed by atoms with E-state index in [0.29, 0.717) is 6.54 Å². The molecule has 4 heteroatoms. The number of ether oxygens (including phenoxy) is 1. The first-order chi connectivity index (χ1) is 9.14. The predicted molar refractivity (Wildman–Crippen MR) is 83.2 cm³/mol. The Hall–Kier alpha value is -1.55. The molecule has 0 spiro atoms. The molecule has 0 aromatic heterocycles. The second-order valence-corrected chi connectivity index (χ2v) is 6.27. The van der Waals surface area contributed by atoms with E-state index in [9.17, 15) is 4.79 Å². The van der Waals surface area contributed by atoms with Crippen molar-refractivity contribution in [2.45, 2.75) is 53.1 Å². The summed E-state index contributed by atoms with van der Waals surface area (Å²) in [6.07, 6.45) is -0.433. The fourth-order valence-corrected chi connectivity index (χ4v) is 1.85. The summed E-state index contributed by atoms with van der Waals surface area (Å²) >= 11 is 0. The van der Waals surface area contributed by atoms with Gasteiger partial charge < -0.3 is 10.5 Å². The highest BCUT2D eigenvalue weighted by Gasteiger charge is 2.18. The van der Waals surface area contributed by atoms with Crippen molar-refractivity contribution in [2.75, 3.05) is 11.9 Å². The molecule has 0 saturated carbocycles. The van der Waals surface area contributed by atoms with Gasteiger partial charge in [0, 0.05) is 5.69 Å². The highest BCUT2D eigenvalue weighted by Crippen LogP contribution is 2.26. The Morgan fingerprint density at radius 3 is 2.45 bits per heavy atom. The zero-order chi connectivity index (χ0) is 15.5. The molecule has 0 saturated heterocycles. The molecular formula is C16H26N2O2. The third-order valence-electron chi connectivity index (χ3n) is 3.25. The minimum atomic E-state index is -0.505. The third kappa shape index (κ3) is 4.53. The molecule has 0 heterocycles. The molecule has 3 N–H and O–H groups in total. The van der Waals surface area contributed by atoms with Crippen molar-refractivity contribution < 1.29 is 9.53 Å². The minimum absolute atomic E-state index is 0.258. The summed E-state index contributed by atoms with van der Waals surface area (Å²) in [6, 6.07) is 4.09. The molecule has 0 aliphatic heterocycles. The summed E-state index contributed by atoms with van der Waals surface area (Å²) < 4.78 is 5.29. The Bertz CT molecular complexity index is 490. The van der Waals surface area contributed by atoms with Crippen LogP contribution in [0.2, 0.25) is 0 Å². The van der Waals surface area contributed by atoms with Crippen LogP contribution in [0.3, 0.4) is 0 Å². The van der Waals surface area contributed by atoms with Gasteiger partial charge in [-0.05, 0) is 69.8 Å². The van der Waals surface area contributed by atoms with Gasteiger partial charge in [0.1, 0.15) is 5.60 Å². The van der Waals surface area contributed by atoms with Crippen molar-refractivity contribution in [1.29, 1.82) is 0 Å². The van der Waals surface area contributed by atoms with Gasteiger partial charge in [-0.15, -0.1) is 0 Å². The number of nitrogens with two attached hydrogens (primary N) is 1. The summed E-state index contributed by atoms with van der Waals surface area (Å²) in [7, 11) is 0. The van der Waals surface area contributed by atoms with E-state index in [1.807, 2.05) is 40.7 Å². The van der Waals surface area contributed by atoms with E-state index in [2.05, 4.69) is 18.3 Å². The van der Waals surface area contributed by atoms with Crippen LogP contribution in [-0.4, -0.2) is 18.2 Å². The fraction of sp³-hybridized carbons (Fsp3) is 0.562. The maximum atomic E-state index is 11.9. The number of amides is 1. The Balaban J connectivity index is 3.00.